The summed E-state index contributed by atoms with van der Waals surface area (Å²) in [4.78, 5) is 14.5. The Balaban J connectivity index is 1.93. The number of carbonyl (C=O) groups excluding carboxylic acids is 1. The maximum atomic E-state index is 12.2. The Morgan fingerprint density at radius 3 is 2.70 bits per heavy atom. The van der Waals surface area contributed by atoms with E-state index < -0.39 is 0 Å². The first-order chi connectivity index (χ1) is 9.39. The maximum absolute atomic E-state index is 12.2. The Morgan fingerprint density at radius 2 is 2.10 bits per heavy atom. The normalized spacial score (nSPS) is 18.8. The Bertz CT molecular complexity index is 499. The largest absolute Gasteiger partial charge is 0.351 e. The van der Waals surface area contributed by atoms with Gasteiger partial charge in [-0.15, -0.1) is 0 Å². The number of likely N-dealkylation sites (tertiary alicyclic amines) is 1. The number of nitrogens with zero attached hydrogens (tertiary/aromatic N) is 1. The zero-order chi connectivity index (χ0) is 14.8. The minimum absolute atomic E-state index is 0.0560. The van der Waals surface area contributed by atoms with Crippen LogP contribution in [0.3, 0.4) is 0 Å². The Hall–Kier alpha value is -0.580. The third-order valence-electron chi connectivity index (χ3n) is 4.05. The predicted molar refractivity (Wildman–Crippen MR) is 86.3 cm³/mol. The van der Waals surface area contributed by atoms with Crippen molar-refractivity contribution in [2.24, 2.45) is 5.41 Å². The number of rotatable bonds is 3. The molecule has 1 N–H and O–H groups in total. The van der Waals surface area contributed by atoms with Crippen molar-refractivity contribution in [1.29, 1.82) is 0 Å². The number of hydrogen-bond donors (Lipinski definition) is 1. The topological polar surface area (TPSA) is 32.3 Å². The Morgan fingerprint density at radius 1 is 1.45 bits per heavy atom. The molecule has 1 amide bonds. The molecular weight excluding hydrogens is 340 g/mol. The van der Waals surface area contributed by atoms with Crippen LogP contribution in [0.1, 0.15) is 30.1 Å². The van der Waals surface area contributed by atoms with Crippen LogP contribution in [0.4, 0.5) is 0 Å². The van der Waals surface area contributed by atoms with Crippen LogP contribution in [0.25, 0.3) is 0 Å². The SMILES string of the molecule is CN1CCC(C)(CNC(=O)c2ccc(Br)c(Cl)c2)CC1. The molecule has 5 heteroatoms. The molecule has 1 aromatic rings. The van der Waals surface area contributed by atoms with Gasteiger partial charge in [-0.2, -0.15) is 0 Å². The summed E-state index contributed by atoms with van der Waals surface area (Å²) in [5, 5.41) is 3.60. The molecule has 20 heavy (non-hydrogen) atoms. The zero-order valence-corrected chi connectivity index (χ0v) is 14.2. The predicted octanol–water partition coefficient (Wildman–Crippen LogP) is 3.56. The van der Waals surface area contributed by atoms with Gasteiger partial charge in [0.25, 0.3) is 5.91 Å². The van der Waals surface area contributed by atoms with Crippen molar-refractivity contribution in [2.45, 2.75) is 19.8 Å². The number of amides is 1. The zero-order valence-electron chi connectivity index (χ0n) is 11.9. The van der Waals surface area contributed by atoms with Crippen molar-refractivity contribution in [3.05, 3.63) is 33.3 Å². The van der Waals surface area contributed by atoms with Gasteiger partial charge in [-0.3, -0.25) is 4.79 Å². The highest BCUT2D eigenvalue weighted by atomic mass is 79.9. The molecule has 1 aromatic carbocycles. The molecule has 0 radical (unpaired) electrons. The molecule has 1 heterocycles. The lowest BCUT2D eigenvalue weighted by Crippen LogP contribution is -2.43. The summed E-state index contributed by atoms with van der Waals surface area (Å²) in [5.74, 6) is -0.0560. The molecule has 0 saturated carbocycles. The van der Waals surface area contributed by atoms with E-state index in [-0.39, 0.29) is 11.3 Å². The second-order valence-electron chi connectivity index (χ2n) is 5.93. The van der Waals surface area contributed by atoms with E-state index in [1.165, 1.54) is 0 Å². The van der Waals surface area contributed by atoms with E-state index in [0.29, 0.717) is 17.1 Å². The highest BCUT2D eigenvalue weighted by molar-refractivity contribution is 9.10. The average molecular weight is 360 g/mol. The van der Waals surface area contributed by atoms with Gasteiger partial charge in [0.1, 0.15) is 0 Å². The smallest absolute Gasteiger partial charge is 0.251 e. The summed E-state index contributed by atoms with van der Waals surface area (Å²) in [7, 11) is 2.14. The number of hydrogen-bond acceptors (Lipinski definition) is 2. The summed E-state index contributed by atoms with van der Waals surface area (Å²) < 4.78 is 0.804. The van der Waals surface area contributed by atoms with E-state index in [4.69, 9.17) is 11.6 Å². The van der Waals surface area contributed by atoms with E-state index in [9.17, 15) is 4.79 Å². The van der Waals surface area contributed by atoms with Gasteiger partial charge < -0.3 is 10.2 Å². The van der Waals surface area contributed by atoms with Crippen LogP contribution in [-0.2, 0) is 0 Å². The van der Waals surface area contributed by atoms with Gasteiger partial charge in [0.05, 0.1) is 5.02 Å². The first-order valence-corrected chi connectivity index (χ1v) is 7.98. The second kappa shape index (κ2) is 6.46. The van der Waals surface area contributed by atoms with Gasteiger partial charge in [0.15, 0.2) is 0 Å². The molecule has 1 fully saturated rings. The minimum Gasteiger partial charge on any atom is -0.351 e. The second-order valence-corrected chi connectivity index (χ2v) is 7.19. The number of benzene rings is 1. The third kappa shape index (κ3) is 3.96. The lowest BCUT2D eigenvalue weighted by atomic mass is 9.80. The molecule has 1 aliphatic heterocycles. The Labute approximate surface area is 133 Å². The molecule has 3 nitrogen and oxygen atoms in total. The molecule has 0 aliphatic carbocycles. The van der Waals surface area contributed by atoms with Crippen LogP contribution in [0.5, 0.6) is 0 Å². The molecule has 0 atom stereocenters. The standard InChI is InChI=1S/C15H20BrClN2O/c1-15(5-7-19(2)8-6-15)10-18-14(20)11-3-4-12(16)13(17)9-11/h3-4,9H,5-8,10H2,1-2H3,(H,18,20). The van der Waals surface area contributed by atoms with Crippen molar-refractivity contribution in [1.82, 2.24) is 10.2 Å². The van der Waals surface area contributed by atoms with Crippen LogP contribution in [-0.4, -0.2) is 37.5 Å². The molecule has 1 aliphatic rings. The molecule has 0 bridgehead atoms. The van der Waals surface area contributed by atoms with Crippen molar-refractivity contribution in [3.63, 3.8) is 0 Å². The van der Waals surface area contributed by atoms with Crippen molar-refractivity contribution in [3.8, 4) is 0 Å². The van der Waals surface area contributed by atoms with Gasteiger partial charge in [-0.1, -0.05) is 18.5 Å². The monoisotopic (exact) mass is 358 g/mol. The third-order valence-corrected chi connectivity index (χ3v) is 5.28. The summed E-state index contributed by atoms with van der Waals surface area (Å²) in [6.07, 6.45) is 2.23. The summed E-state index contributed by atoms with van der Waals surface area (Å²) in [5.41, 5.74) is 0.802. The van der Waals surface area contributed by atoms with E-state index in [1.807, 2.05) is 0 Å². The van der Waals surface area contributed by atoms with E-state index >= 15 is 0 Å². The van der Waals surface area contributed by atoms with Gasteiger partial charge in [-0.05, 0) is 72.5 Å². The fraction of sp³-hybridized carbons (Fsp3) is 0.533. The molecule has 2 rings (SSSR count). The van der Waals surface area contributed by atoms with E-state index in [1.54, 1.807) is 18.2 Å². The fourth-order valence-electron chi connectivity index (χ4n) is 2.37. The van der Waals surface area contributed by atoms with Crippen LogP contribution >= 0.6 is 27.5 Å². The summed E-state index contributed by atoms with van der Waals surface area (Å²) >= 11 is 9.34. The first kappa shape index (κ1) is 15.8. The van der Waals surface area contributed by atoms with Gasteiger partial charge in [0.2, 0.25) is 0 Å². The van der Waals surface area contributed by atoms with Crippen LogP contribution in [0.15, 0.2) is 22.7 Å². The van der Waals surface area contributed by atoms with Crippen molar-refractivity contribution >= 4 is 33.4 Å². The average Bonchev–Trinajstić information content (AvgIpc) is 2.43. The van der Waals surface area contributed by atoms with Gasteiger partial charge in [-0.25, -0.2) is 0 Å². The minimum atomic E-state index is -0.0560. The highest BCUT2D eigenvalue weighted by Gasteiger charge is 2.29. The number of carbonyl (C=O) groups is 1. The van der Waals surface area contributed by atoms with Crippen molar-refractivity contribution in [2.75, 3.05) is 26.7 Å². The maximum Gasteiger partial charge on any atom is 0.251 e. The van der Waals surface area contributed by atoms with E-state index in [0.717, 1.165) is 30.4 Å². The molecule has 1 saturated heterocycles. The lowest BCUT2D eigenvalue weighted by Gasteiger charge is -2.37. The molecule has 0 aromatic heterocycles. The molecular formula is C15H20BrClN2O. The van der Waals surface area contributed by atoms with Crippen molar-refractivity contribution < 1.29 is 4.79 Å². The fourth-order valence-corrected chi connectivity index (χ4v) is 2.80. The molecule has 0 spiro atoms. The van der Waals surface area contributed by atoms with E-state index in [2.05, 4.69) is 40.1 Å². The van der Waals surface area contributed by atoms with Crippen LogP contribution < -0.4 is 5.32 Å². The molecule has 110 valence electrons. The first-order valence-electron chi connectivity index (χ1n) is 6.81. The summed E-state index contributed by atoms with van der Waals surface area (Å²) in [6.45, 7) is 5.15. The van der Waals surface area contributed by atoms with Gasteiger partial charge >= 0.3 is 0 Å². The number of nitrogens with one attached hydrogen (secondary N) is 1. The quantitative estimate of drug-likeness (QED) is 0.895. The van der Waals surface area contributed by atoms with Gasteiger partial charge in [0, 0.05) is 16.6 Å². The summed E-state index contributed by atoms with van der Waals surface area (Å²) in [6, 6.07) is 5.27. The Kier molecular flexibility index (Phi) is 5.10. The lowest BCUT2D eigenvalue weighted by molar-refractivity contribution is 0.0891. The molecule has 0 unspecified atom stereocenters. The highest BCUT2D eigenvalue weighted by Crippen LogP contribution is 2.29. The van der Waals surface area contributed by atoms with Crippen LogP contribution in [0.2, 0.25) is 5.02 Å². The van der Waals surface area contributed by atoms with Crippen LogP contribution in [0, 0.1) is 5.41 Å². The number of halogens is 2. The number of piperidine rings is 1.